The van der Waals surface area contributed by atoms with Crippen LogP contribution in [0.5, 0.6) is 0 Å². The number of hydrogen-bond acceptors (Lipinski definition) is 6. The van der Waals surface area contributed by atoms with Crippen molar-refractivity contribution in [3.05, 3.63) is 65.7 Å². The quantitative estimate of drug-likeness (QED) is 0.373. The highest BCUT2D eigenvalue weighted by atomic mass is 19.2. The molecule has 0 fully saturated rings. The molecule has 10 heteroatoms. The van der Waals surface area contributed by atoms with Crippen LogP contribution in [0, 0.1) is 23.3 Å². The van der Waals surface area contributed by atoms with E-state index in [1.54, 1.807) is 0 Å². The highest BCUT2D eigenvalue weighted by Crippen LogP contribution is 2.27. The molecule has 2 aromatic carbocycles. The third kappa shape index (κ3) is 10.6. The first-order valence-electron chi connectivity index (χ1n) is 10.2. The van der Waals surface area contributed by atoms with E-state index in [0.29, 0.717) is 5.56 Å². The zero-order chi connectivity index (χ0) is 27.0. The molecule has 34 heavy (non-hydrogen) atoms. The van der Waals surface area contributed by atoms with Crippen molar-refractivity contribution in [1.82, 2.24) is 0 Å². The lowest BCUT2D eigenvalue weighted by atomic mass is 10.1. The van der Waals surface area contributed by atoms with Gasteiger partial charge in [0.25, 0.3) is 0 Å². The van der Waals surface area contributed by atoms with Crippen molar-refractivity contribution >= 4 is 30.6 Å². The molecule has 0 spiro atoms. The topological polar surface area (TPSA) is 89.9 Å². The molecule has 190 valence electrons. The van der Waals surface area contributed by atoms with Gasteiger partial charge in [-0.3, -0.25) is 0 Å². The van der Waals surface area contributed by atoms with Gasteiger partial charge in [0.2, 0.25) is 0 Å². The second-order valence-corrected chi connectivity index (χ2v) is 6.63. The van der Waals surface area contributed by atoms with E-state index in [1.165, 1.54) is 36.9 Å². The Morgan fingerprint density at radius 3 is 1.74 bits per heavy atom. The van der Waals surface area contributed by atoms with E-state index < -0.39 is 35.5 Å². The summed E-state index contributed by atoms with van der Waals surface area (Å²) in [5.41, 5.74) is 0.666. The fourth-order valence-electron chi connectivity index (χ4n) is 2.73. The van der Waals surface area contributed by atoms with E-state index in [0.717, 1.165) is 12.1 Å². The Balaban J connectivity index is 0. The average Bonchev–Trinajstić information content (AvgIpc) is 2.80. The number of carbonyl (C=O) groups is 2. The Morgan fingerprint density at radius 1 is 0.882 bits per heavy atom. The zero-order valence-corrected chi connectivity index (χ0v) is 19.7. The molecule has 0 aliphatic carbocycles. The molecule has 6 nitrogen and oxygen atoms in total. The minimum Gasteiger partial charge on any atom is -0.392 e. The first-order chi connectivity index (χ1) is 16.1. The normalized spacial score (nSPS) is 11.2. The lowest BCUT2D eigenvalue weighted by Gasteiger charge is -2.28. The third-order valence-electron chi connectivity index (χ3n) is 3.88. The number of carbonyl (C=O) groups excluding carboxylic acids is 2. The van der Waals surface area contributed by atoms with E-state index in [1.807, 2.05) is 27.4 Å². The van der Waals surface area contributed by atoms with Crippen LogP contribution in [-0.4, -0.2) is 49.1 Å². The van der Waals surface area contributed by atoms with Crippen LogP contribution in [0.2, 0.25) is 0 Å². The number of rotatable bonds is 8. The summed E-state index contributed by atoms with van der Waals surface area (Å²) < 4.78 is 54.2. The summed E-state index contributed by atoms with van der Waals surface area (Å²) in [5, 5.41) is 22.0. The largest absolute Gasteiger partial charge is 0.392 e. The van der Waals surface area contributed by atoms with Gasteiger partial charge in [0.15, 0.2) is 17.5 Å². The van der Waals surface area contributed by atoms with Crippen LogP contribution in [-0.2, 0) is 9.59 Å². The van der Waals surface area contributed by atoms with E-state index in [2.05, 4.69) is 11.9 Å². The van der Waals surface area contributed by atoms with Gasteiger partial charge in [-0.15, -0.1) is 0 Å². The number of nitrogens with zero attached hydrogens (tertiary/aromatic N) is 1. The van der Waals surface area contributed by atoms with Crippen molar-refractivity contribution in [3.8, 4) is 0 Å². The van der Waals surface area contributed by atoms with Crippen molar-refractivity contribution in [2.24, 2.45) is 0 Å². The number of aliphatic hydroxyl groups is 2. The Morgan fingerprint density at radius 2 is 1.32 bits per heavy atom. The van der Waals surface area contributed by atoms with Crippen molar-refractivity contribution in [1.29, 1.82) is 0 Å². The Bertz CT molecular complexity index is 860. The summed E-state index contributed by atoms with van der Waals surface area (Å²) >= 11 is 0. The molecule has 0 unspecified atom stereocenters. The summed E-state index contributed by atoms with van der Waals surface area (Å²) in [6.07, 6.45) is -1.54. The number of nitrogens with one attached hydrogen (secondary N) is 1. The van der Waals surface area contributed by atoms with Crippen molar-refractivity contribution in [2.75, 3.05) is 23.3 Å². The highest BCUT2D eigenvalue weighted by molar-refractivity contribution is 5.77. The molecule has 0 aliphatic rings. The number of anilines is 2. The number of aliphatic hydroxyl groups excluding tert-OH is 2. The Labute approximate surface area is 197 Å². The predicted molar refractivity (Wildman–Crippen MR) is 127 cm³/mol. The first kappa shape index (κ1) is 32.9. The average molecular weight is 489 g/mol. The summed E-state index contributed by atoms with van der Waals surface area (Å²) in [7, 11) is 0. The Kier molecular flexibility index (Phi) is 16.7. The molecular weight excluding hydrogens is 456 g/mol. The summed E-state index contributed by atoms with van der Waals surface area (Å²) in [6, 6.07) is 5.59. The molecule has 0 amide bonds. The Hall–Kier alpha value is -3.24. The van der Waals surface area contributed by atoms with Crippen LogP contribution >= 0.6 is 0 Å². The summed E-state index contributed by atoms with van der Waals surface area (Å²) in [6.45, 7) is 15.0. The van der Waals surface area contributed by atoms with Gasteiger partial charge in [0, 0.05) is 36.6 Å². The smallest absolute Gasteiger partial charge is 0.194 e. The molecule has 0 saturated carbocycles. The van der Waals surface area contributed by atoms with Crippen LogP contribution in [0.4, 0.5) is 28.9 Å². The molecule has 0 aromatic heterocycles. The van der Waals surface area contributed by atoms with E-state index >= 15 is 0 Å². The number of hydrogen-bond donors (Lipinski definition) is 3. The van der Waals surface area contributed by atoms with Gasteiger partial charge in [0.05, 0.1) is 17.9 Å². The summed E-state index contributed by atoms with van der Waals surface area (Å²) in [4.78, 5) is 17.5. The molecule has 2 rings (SSSR count). The molecule has 0 bridgehead atoms. The highest BCUT2D eigenvalue weighted by Gasteiger charge is 2.17. The van der Waals surface area contributed by atoms with Crippen LogP contribution in [0.25, 0.3) is 5.70 Å². The number of halogens is 4. The molecule has 2 aromatic rings. The molecule has 3 N–H and O–H groups in total. The van der Waals surface area contributed by atoms with Crippen LogP contribution in [0.1, 0.15) is 33.3 Å². The van der Waals surface area contributed by atoms with Gasteiger partial charge < -0.3 is 30.0 Å². The van der Waals surface area contributed by atoms with E-state index in [9.17, 15) is 27.8 Å². The molecular formula is C24H32F4N2O4. The van der Waals surface area contributed by atoms with Crippen LogP contribution in [0.15, 0.2) is 36.9 Å². The molecule has 0 radical (unpaired) electrons. The maximum Gasteiger partial charge on any atom is 0.194 e. The SMILES string of the molecule is C=C(Nc1cc(F)c(F)c(F)c1)c1ccc(F)c(N(C[C@H](C)O)C[C@@H](C)O)c1.C=O.C=O.CC. The van der Waals surface area contributed by atoms with E-state index in [-0.39, 0.29) is 30.2 Å². The standard InChI is InChI=1S/C20H22F4N2O2.C2H6.2CH2O/c1-11(27)9-26(10-12(2)28)19-6-14(4-5-16(19)21)13(3)25-15-7-17(22)20(24)18(23)8-15;3*1-2/h4-8,11-12,25,27-28H,3,9-10H2,1-2H3;1-2H3;2*1H2/t11-,12+;;;. The maximum atomic E-state index is 14.4. The minimum absolute atomic E-state index is 0.0582. The van der Waals surface area contributed by atoms with Crippen LogP contribution < -0.4 is 10.2 Å². The second-order valence-electron chi connectivity index (χ2n) is 6.63. The van der Waals surface area contributed by atoms with Gasteiger partial charge in [-0.05, 0) is 37.6 Å². The van der Waals surface area contributed by atoms with Gasteiger partial charge in [-0.1, -0.05) is 20.4 Å². The minimum atomic E-state index is -1.58. The zero-order valence-electron chi connectivity index (χ0n) is 19.7. The lowest BCUT2D eigenvalue weighted by Crippen LogP contribution is -2.37. The summed E-state index contributed by atoms with van der Waals surface area (Å²) in [5.74, 6) is -4.85. The molecule has 2 atom stereocenters. The maximum absolute atomic E-state index is 14.4. The van der Waals surface area contributed by atoms with Crippen molar-refractivity contribution in [3.63, 3.8) is 0 Å². The van der Waals surface area contributed by atoms with Gasteiger partial charge in [0.1, 0.15) is 19.4 Å². The monoisotopic (exact) mass is 488 g/mol. The van der Waals surface area contributed by atoms with Crippen molar-refractivity contribution < 1.29 is 37.4 Å². The first-order valence-corrected chi connectivity index (χ1v) is 10.2. The second kappa shape index (κ2) is 17.3. The fraction of sp³-hybridized carbons (Fsp3) is 0.333. The third-order valence-corrected chi connectivity index (χ3v) is 3.88. The van der Waals surface area contributed by atoms with Crippen molar-refractivity contribution in [2.45, 2.75) is 39.9 Å². The lowest BCUT2D eigenvalue weighted by molar-refractivity contribution is -0.0987. The van der Waals surface area contributed by atoms with Gasteiger partial charge in [-0.25, -0.2) is 17.6 Å². The predicted octanol–water partition coefficient (Wildman–Crippen LogP) is 4.55. The van der Waals surface area contributed by atoms with Gasteiger partial charge >= 0.3 is 0 Å². The fourth-order valence-corrected chi connectivity index (χ4v) is 2.73. The molecule has 0 heterocycles. The van der Waals surface area contributed by atoms with Gasteiger partial charge in [-0.2, -0.15) is 0 Å². The van der Waals surface area contributed by atoms with Crippen LogP contribution in [0.3, 0.4) is 0 Å². The number of benzene rings is 2. The molecule has 0 aliphatic heterocycles. The van der Waals surface area contributed by atoms with E-state index in [4.69, 9.17) is 9.59 Å². The molecule has 0 saturated heterocycles.